The van der Waals surface area contributed by atoms with Gasteiger partial charge in [-0.2, -0.15) is 10.5 Å². The van der Waals surface area contributed by atoms with E-state index in [1.807, 2.05) is 0 Å². The van der Waals surface area contributed by atoms with Crippen LogP contribution in [0.4, 0.5) is 8.78 Å². The molecular weight excluding hydrogens is 174 g/mol. The molecule has 13 heavy (non-hydrogen) atoms. The molecule has 0 bridgehead atoms. The second kappa shape index (κ2) is 3.64. The predicted octanol–water partition coefficient (Wildman–Crippen LogP) is 2.10. The van der Waals surface area contributed by atoms with E-state index in [4.69, 9.17) is 10.5 Å². The van der Waals surface area contributed by atoms with Gasteiger partial charge in [0.05, 0.1) is 12.1 Å². The van der Waals surface area contributed by atoms with Crippen LogP contribution in [0.3, 0.4) is 0 Å². The largest absolute Gasteiger partial charge is 0.207 e. The van der Waals surface area contributed by atoms with Crippen LogP contribution in [0.2, 0.25) is 0 Å². The van der Waals surface area contributed by atoms with Crippen LogP contribution >= 0.6 is 0 Å². The van der Waals surface area contributed by atoms with Crippen LogP contribution in [0, 0.1) is 34.3 Å². The van der Waals surface area contributed by atoms with Gasteiger partial charge >= 0.3 is 0 Å². The molecule has 0 aliphatic heterocycles. The van der Waals surface area contributed by atoms with E-state index < -0.39 is 17.6 Å². The summed E-state index contributed by atoms with van der Waals surface area (Å²) in [6.45, 7) is 0. The van der Waals surface area contributed by atoms with Crippen LogP contribution in [-0.4, -0.2) is 0 Å². The zero-order valence-electron chi connectivity index (χ0n) is 6.46. The Morgan fingerprint density at radius 2 is 1.77 bits per heavy atom. The summed E-state index contributed by atoms with van der Waals surface area (Å²) in [5.41, 5.74) is -0.218. The molecule has 1 aromatic rings. The van der Waals surface area contributed by atoms with Crippen molar-refractivity contribution in [1.29, 1.82) is 10.5 Å². The minimum Gasteiger partial charge on any atom is -0.207 e. The third-order valence-electron chi connectivity index (χ3n) is 1.53. The van der Waals surface area contributed by atoms with E-state index in [0.29, 0.717) is 0 Å². The molecule has 0 amide bonds. The molecule has 2 nitrogen and oxygen atoms in total. The fraction of sp³-hybridized carbons (Fsp3) is 0.111. The molecule has 0 saturated heterocycles. The lowest BCUT2D eigenvalue weighted by molar-refractivity contribution is 0.586. The lowest BCUT2D eigenvalue weighted by atomic mass is 10.0. The Balaban J connectivity index is 3.23. The molecule has 0 aromatic heterocycles. The molecule has 0 N–H and O–H groups in total. The van der Waals surface area contributed by atoms with Crippen molar-refractivity contribution in [2.24, 2.45) is 0 Å². The van der Waals surface area contributed by atoms with Gasteiger partial charge in [-0.05, 0) is 18.2 Å². The van der Waals surface area contributed by atoms with Gasteiger partial charge in [-0.1, -0.05) is 0 Å². The highest BCUT2D eigenvalue weighted by molar-refractivity contribution is 5.32. The van der Waals surface area contributed by atoms with Crippen LogP contribution in [0.5, 0.6) is 0 Å². The lowest BCUT2D eigenvalue weighted by Gasteiger charge is -2.01. The van der Waals surface area contributed by atoms with Crippen molar-refractivity contribution in [2.75, 3.05) is 0 Å². The molecule has 1 aromatic carbocycles. The highest BCUT2D eigenvalue weighted by Gasteiger charge is 2.14. The summed E-state index contributed by atoms with van der Waals surface area (Å²) in [4.78, 5) is 0. The van der Waals surface area contributed by atoms with Crippen molar-refractivity contribution in [1.82, 2.24) is 0 Å². The molecule has 0 fully saturated rings. The van der Waals surface area contributed by atoms with E-state index in [0.717, 1.165) is 18.2 Å². The monoisotopic (exact) mass is 178 g/mol. The first-order valence-corrected chi connectivity index (χ1v) is 3.43. The van der Waals surface area contributed by atoms with Crippen molar-refractivity contribution < 1.29 is 8.78 Å². The van der Waals surface area contributed by atoms with Gasteiger partial charge in [-0.3, -0.25) is 0 Å². The van der Waals surface area contributed by atoms with Crippen LogP contribution in [0.1, 0.15) is 11.5 Å². The lowest BCUT2D eigenvalue weighted by Crippen LogP contribution is -1.97. The molecule has 0 atom stereocenters. The first-order chi connectivity index (χ1) is 6.19. The number of benzene rings is 1. The molecule has 0 radical (unpaired) electrons. The van der Waals surface area contributed by atoms with Crippen molar-refractivity contribution in [2.45, 2.75) is 5.92 Å². The molecule has 0 heterocycles. The van der Waals surface area contributed by atoms with Crippen LogP contribution in [-0.2, 0) is 0 Å². The van der Waals surface area contributed by atoms with Crippen LogP contribution in [0.25, 0.3) is 0 Å². The number of halogens is 2. The second-order valence-electron chi connectivity index (χ2n) is 2.36. The van der Waals surface area contributed by atoms with Gasteiger partial charge in [0, 0.05) is 5.56 Å². The molecule has 64 valence electrons. The minimum absolute atomic E-state index is 0.218. The summed E-state index contributed by atoms with van der Waals surface area (Å²) in [5, 5.41) is 16.9. The van der Waals surface area contributed by atoms with Gasteiger partial charge in [0.25, 0.3) is 0 Å². The average Bonchev–Trinajstić information content (AvgIpc) is 2.13. The third-order valence-corrected chi connectivity index (χ3v) is 1.53. The Morgan fingerprint density at radius 3 is 2.31 bits per heavy atom. The van der Waals surface area contributed by atoms with Crippen molar-refractivity contribution in [3.05, 3.63) is 35.4 Å². The Bertz CT molecular complexity index is 387. The summed E-state index contributed by atoms with van der Waals surface area (Å²) in [5.74, 6) is -2.66. The standard InChI is InChI=1S/C9H4F2N2/c10-7-1-2-9(11)8(3-7)6(4-12)5-13/h1-3,6H. The Hall–Kier alpha value is -1.94. The number of rotatable bonds is 1. The van der Waals surface area contributed by atoms with Gasteiger partial charge in [-0.25, -0.2) is 8.78 Å². The van der Waals surface area contributed by atoms with Gasteiger partial charge in [0.1, 0.15) is 11.6 Å². The Morgan fingerprint density at radius 1 is 1.15 bits per heavy atom. The van der Waals surface area contributed by atoms with E-state index >= 15 is 0 Å². The maximum Gasteiger partial charge on any atom is 0.161 e. The topological polar surface area (TPSA) is 47.6 Å². The van der Waals surface area contributed by atoms with E-state index in [1.165, 1.54) is 0 Å². The zero-order chi connectivity index (χ0) is 9.84. The number of nitriles is 2. The van der Waals surface area contributed by atoms with Gasteiger partial charge in [0.15, 0.2) is 5.92 Å². The van der Waals surface area contributed by atoms with Crippen molar-refractivity contribution >= 4 is 0 Å². The maximum atomic E-state index is 12.9. The molecule has 0 saturated carbocycles. The molecule has 0 aliphatic carbocycles. The van der Waals surface area contributed by atoms with Crippen LogP contribution < -0.4 is 0 Å². The summed E-state index contributed by atoms with van der Waals surface area (Å²) in [7, 11) is 0. The normalized spacial score (nSPS) is 9.31. The highest BCUT2D eigenvalue weighted by Crippen LogP contribution is 2.18. The van der Waals surface area contributed by atoms with E-state index in [9.17, 15) is 8.78 Å². The Labute approximate surface area is 73.6 Å². The SMILES string of the molecule is N#CC(C#N)c1cc(F)ccc1F. The summed E-state index contributed by atoms with van der Waals surface area (Å²) >= 11 is 0. The van der Waals surface area contributed by atoms with E-state index in [-0.39, 0.29) is 5.56 Å². The molecule has 4 heteroatoms. The highest BCUT2D eigenvalue weighted by atomic mass is 19.1. The van der Waals surface area contributed by atoms with Gasteiger partial charge in [0.2, 0.25) is 0 Å². The summed E-state index contributed by atoms with van der Waals surface area (Å²) in [6, 6.07) is 5.82. The molecular formula is C9H4F2N2. The average molecular weight is 178 g/mol. The zero-order valence-corrected chi connectivity index (χ0v) is 6.46. The molecule has 1 rings (SSSR count). The van der Waals surface area contributed by atoms with E-state index in [1.54, 1.807) is 12.1 Å². The first kappa shape index (κ1) is 9.15. The summed E-state index contributed by atoms with van der Waals surface area (Å²) < 4.78 is 25.5. The first-order valence-electron chi connectivity index (χ1n) is 3.43. The maximum absolute atomic E-state index is 12.9. The number of hydrogen-bond donors (Lipinski definition) is 0. The van der Waals surface area contributed by atoms with Crippen molar-refractivity contribution in [3.8, 4) is 12.1 Å². The number of hydrogen-bond acceptors (Lipinski definition) is 2. The quantitative estimate of drug-likeness (QED) is 0.661. The third kappa shape index (κ3) is 1.80. The van der Waals surface area contributed by atoms with Crippen LogP contribution in [0.15, 0.2) is 18.2 Å². The fourth-order valence-electron chi connectivity index (χ4n) is 0.904. The predicted molar refractivity (Wildman–Crippen MR) is 40.3 cm³/mol. The number of nitrogens with zero attached hydrogens (tertiary/aromatic N) is 2. The van der Waals surface area contributed by atoms with Gasteiger partial charge in [-0.15, -0.1) is 0 Å². The fourth-order valence-corrected chi connectivity index (χ4v) is 0.904. The van der Waals surface area contributed by atoms with Gasteiger partial charge < -0.3 is 0 Å². The van der Waals surface area contributed by atoms with E-state index in [2.05, 4.69) is 0 Å². The minimum atomic E-state index is -1.25. The van der Waals surface area contributed by atoms with Crippen molar-refractivity contribution in [3.63, 3.8) is 0 Å². The molecule has 0 unspecified atom stereocenters. The molecule has 0 aliphatic rings. The molecule has 0 spiro atoms. The Kier molecular flexibility index (Phi) is 2.56. The smallest absolute Gasteiger partial charge is 0.161 e. The second-order valence-corrected chi connectivity index (χ2v) is 2.36. The summed E-state index contributed by atoms with van der Waals surface area (Å²) in [6.07, 6.45) is 0.